The number of imidazole rings is 1. The highest BCUT2D eigenvalue weighted by Gasteiger charge is 2.15. The highest BCUT2D eigenvalue weighted by atomic mass is 32.1. The number of aromatic amines is 1. The molecule has 0 saturated carbocycles. The second kappa shape index (κ2) is 4.65. The monoisotopic (exact) mass is 277 g/mol. The van der Waals surface area contributed by atoms with Crippen molar-refractivity contribution >= 4 is 23.4 Å². The zero-order chi connectivity index (χ0) is 13.4. The Hall–Kier alpha value is -1.89. The SMILES string of the molecule is CCCc1nn(C)c2c1[nH]c(=S)n2Cc1ccno1. The van der Waals surface area contributed by atoms with E-state index >= 15 is 0 Å². The molecule has 0 aliphatic rings. The summed E-state index contributed by atoms with van der Waals surface area (Å²) in [4.78, 5) is 3.25. The molecule has 0 fully saturated rings. The van der Waals surface area contributed by atoms with E-state index in [1.807, 2.05) is 22.4 Å². The van der Waals surface area contributed by atoms with Crippen LogP contribution in [0.15, 0.2) is 16.8 Å². The number of fused-ring (bicyclic) bond motifs is 1. The molecule has 0 spiro atoms. The standard InChI is InChI=1S/C12H15N5OS/c1-3-4-9-10-11(16(2)15-9)17(12(19)14-10)7-8-5-6-13-18-8/h5-6H,3-4,7H2,1-2H3,(H,14,19). The van der Waals surface area contributed by atoms with Gasteiger partial charge in [0.15, 0.2) is 16.2 Å². The molecule has 0 aliphatic carbocycles. The lowest BCUT2D eigenvalue weighted by Crippen LogP contribution is -2.03. The van der Waals surface area contributed by atoms with E-state index in [4.69, 9.17) is 16.7 Å². The van der Waals surface area contributed by atoms with Crippen molar-refractivity contribution in [2.75, 3.05) is 0 Å². The molecule has 7 heteroatoms. The van der Waals surface area contributed by atoms with Crippen LogP contribution in [0.25, 0.3) is 11.2 Å². The van der Waals surface area contributed by atoms with Crippen LogP contribution in [0.4, 0.5) is 0 Å². The Bertz CT molecular complexity index is 749. The molecule has 3 aromatic heterocycles. The maximum absolute atomic E-state index is 5.39. The third kappa shape index (κ3) is 1.99. The van der Waals surface area contributed by atoms with Crippen LogP contribution in [-0.2, 0) is 20.0 Å². The average molecular weight is 277 g/mol. The van der Waals surface area contributed by atoms with Gasteiger partial charge in [-0.1, -0.05) is 18.5 Å². The van der Waals surface area contributed by atoms with Gasteiger partial charge in [-0.3, -0.25) is 9.25 Å². The van der Waals surface area contributed by atoms with E-state index in [-0.39, 0.29) is 0 Å². The molecule has 0 unspecified atom stereocenters. The number of aromatic nitrogens is 5. The van der Waals surface area contributed by atoms with Crippen molar-refractivity contribution < 1.29 is 4.52 Å². The zero-order valence-corrected chi connectivity index (χ0v) is 11.7. The first kappa shape index (κ1) is 12.2. The third-order valence-electron chi connectivity index (χ3n) is 3.11. The maximum Gasteiger partial charge on any atom is 0.179 e. The minimum atomic E-state index is 0.559. The van der Waals surface area contributed by atoms with Crippen LogP contribution in [0.5, 0.6) is 0 Å². The summed E-state index contributed by atoms with van der Waals surface area (Å²) in [7, 11) is 1.93. The lowest BCUT2D eigenvalue weighted by Gasteiger charge is -2.01. The van der Waals surface area contributed by atoms with Gasteiger partial charge in [0.25, 0.3) is 0 Å². The smallest absolute Gasteiger partial charge is 0.179 e. The molecule has 0 aliphatic heterocycles. The van der Waals surface area contributed by atoms with Gasteiger partial charge in [-0.2, -0.15) is 5.10 Å². The molecule has 3 heterocycles. The van der Waals surface area contributed by atoms with Gasteiger partial charge < -0.3 is 9.51 Å². The fraction of sp³-hybridized carbons (Fsp3) is 0.417. The molecular weight excluding hydrogens is 262 g/mol. The van der Waals surface area contributed by atoms with Gasteiger partial charge in [-0.15, -0.1) is 0 Å². The Morgan fingerprint density at radius 2 is 2.32 bits per heavy atom. The lowest BCUT2D eigenvalue weighted by atomic mass is 10.2. The molecule has 19 heavy (non-hydrogen) atoms. The predicted octanol–water partition coefficient (Wildman–Crippen LogP) is 2.42. The second-order valence-electron chi connectivity index (χ2n) is 4.51. The van der Waals surface area contributed by atoms with Crippen molar-refractivity contribution in [3.05, 3.63) is 28.5 Å². The normalized spacial score (nSPS) is 11.5. The number of H-pyrrole nitrogens is 1. The molecule has 0 amide bonds. The highest BCUT2D eigenvalue weighted by molar-refractivity contribution is 7.71. The van der Waals surface area contributed by atoms with Gasteiger partial charge in [0.2, 0.25) is 0 Å². The number of rotatable bonds is 4. The third-order valence-corrected chi connectivity index (χ3v) is 3.44. The summed E-state index contributed by atoms with van der Waals surface area (Å²) in [6.07, 6.45) is 3.63. The summed E-state index contributed by atoms with van der Waals surface area (Å²) in [5, 5.41) is 8.26. The van der Waals surface area contributed by atoms with Gasteiger partial charge >= 0.3 is 0 Å². The Labute approximate surface area is 115 Å². The first-order valence-corrected chi connectivity index (χ1v) is 6.65. The minimum absolute atomic E-state index is 0.559. The van der Waals surface area contributed by atoms with Crippen LogP contribution in [-0.4, -0.2) is 24.5 Å². The molecular formula is C12H15N5OS. The Kier molecular flexibility index (Phi) is 2.98. The molecule has 1 N–H and O–H groups in total. The highest BCUT2D eigenvalue weighted by Crippen LogP contribution is 2.20. The Morgan fingerprint density at radius 1 is 1.47 bits per heavy atom. The summed E-state index contributed by atoms with van der Waals surface area (Å²) in [5.74, 6) is 0.773. The van der Waals surface area contributed by atoms with E-state index in [1.165, 1.54) is 0 Å². The van der Waals surface area contributed by atoms with E-state index < -0.39 is 0 Å². The number of nitrogens with zero attached hydrogens (tertiary/aromatic N) is 4. The Morgan fingerprint density at radius 3 is 3.00 bits per heavy atom. The van der Waals surface area contributed by atoms with Crippen molar-refractivity contribution in [2.45, 2.75) is 26.3 Å². The fourth-order valence-electron chi connectivity index (χ4n) is 2.32. The first-order chi connectivity index (χ1) is 9.20. The van der Waals surface area contributed by atoms with Crippen LogP contribution in [0.3, 0.4) is 0 Å². The molecule has 0 aromatic carbocycles. The molecule has 0 saturated heterocycles. The van der Waals surface area contributed by atoms with Crippen LogP contribution in [0.2, 0.25) is 0 Å². The van der Waals surface area contributed by atoms with Crippen molar-refractivity contribution in [3.8, 4) is 0 Å². The van der Waals surface area contributed by atoms with E-state index in [9.17, 15) is 0 Å². The molecule has 0 bridgehead atoms. The van der Waals surface area contributed by atoms with Crippen molar-refractivity contribution in [1.29, 1.82) is 0 Å². The van der Waals surface area contributed by atoms with Crippen molar-refractivity contribution in [1.82, 2.24) is 24.5 Å². The topological polar surface area (TPSA) is 64.6 Å². The van der Waals surface area contributed by atoms with Gasteiger partial charge in [-0.25, -0.2) is 0 Å². The van der Waals surface area contributed by atoms with Crippen molar-refractivity contribution in [2.24, 2.45) is 7.05 Å². The molecule has 3 rings (SSSR count). The van der Waals surface area contributed by atoms with Gasteiger partial charge in [-0.05, 0) is 18.6 Å². The van der Waals surface area contributed by atoms with Gasteiger partial charge in [0, 0.05) is 13.1 Å². The van der Waals surface area contributed by atoms with Crippen LogP contribution in [0.1, 0.15) is 24.8 Å². The van der Waals surface area contributed by atoms with Crippen LogP contribution < -0.4 is 0 Å². The second-order valence-corrected chi connectivity index (χ2v) is 4.90. The number of aryl methyl sites for hydroxylation is 2. The molecule has 3 aromatic rings. The summed E-state index contributed by atoms with van der Waals surface area (Å²) in [6.45, 7) is 2.70. The maximum atomic E-state index is 5.39. The Balaban J connectivity index is 2.14. The summed E-state index contributed by atoms with van der Waals surface area (Å²) < 4.78 is 9.67. The largest absolute Gasteiger partial charge is 0.359 e. The minimum Gasteiger partial charge on any atom is -0.359 e. The van der Waals surface area contributed by atoms with E-state index in [2.05, 4.69) is 22.2 Å². The number of nitrogens with one attached hydrogen (secondary N) is 1. The van der Waals surface area contributed by atoms with Gasteiger partial charge in [0.1, 0.15) is 5.52 Å². The molecule has 0 radical (unpaired) electrons. The van der Waals surface area contributed by atoms with E-state index in [1.54, 1.807) is 6.20 Å². The molecule has 100 valence electrons. The number of hydrogen-bond acceptors (Lipinski definition) is 4. The molecule has 0 atom stereocenters. The predicted molar refractivity (Wildman–Crippen MR) is 73.5 cm³/mol. The van der Waals surface area contributed by atoms with Gasteiger partial charge in [0.05, 0.1) is 18.4 Å². The fourth-order valence-corrected chi connectivity index (χ4v) is 2.57. The zero-order valence-electron chi connectivity index (χ0n) is 10.9. The van der Waals surface area contributed by atoms with Crippen LogP contribution in [0, 0.1) is 4.77 Å². The van der Waals surface area contributed by atoms with Crippen LogP contribution >= 0.6 is 12.2 Å². The summed E-state index contributed by atoms with van der Waals surface area (Å²) in [6, 6.07) is 1.84. The summed E-state index contributed by atoms with van der Waals surface area (Å²) >= 11 is 5.39. The lowest BCUT2D eigenvalue weighted by molar-refractivity contribution is 0.376. The van der Waals surface area contributed by atoms with E-state index in [0.717, 1.165) is 35.5 Å². The van der Waals surface area contributed by atoms with Crippen molar-refractivity contribution in [3.63, 3.8) is 0 Å². The van der Waals surface area contributed by atoms with E-state index in [0.29, 0.717) is 11.3 Å². The number of hydrogen-bond donors (Lipinski definition) is 1. The first-order valence-electron chi connectivity index (χ1n) is 6.24. The summed E-state index contributed by atoms with van der Waals surface area (Å²) in [5.41, 5.74) is 3.07. The average Bonchev–Trinajstić information content (AvgIpc) is 3.04. The quantitative estimate of drug-likeness (QED) is 0.744. The molecule has 6 nitrogen and oxygen atoms in total.